The lowest BCUT2D eigenvalue weighted by Gasteiger charge is -2.22. The van der Waals surface area contributed by atoms with E-state index in [9.17, 15) is 13.2 Å². The first-order valence-electron chi connectivity index (χ1n) is 6.42. The summed E-state index contributed by atoms with van der Waals surface area (Å²) in [7, 11) is 0. The summed E-state index contributed by atoms with van der Waals surface area (Å²) in [5.74, 6) is 0.833. The Labute approximate surface area is 110 Å². The van der Waals surface area contributed by atoms with Crippen molar-refractivity contribution < 1.29 is 17.9 Å². The van der Waals surface area contributed by atoms with Crippen LogP contribution in [0.1, 0.15) is 24.8 Å². The van der Waals surface area contributed by atoms with E-state index in [-0.39, 0.29) is 5.88 Å². The zero-order valence-corrected chi connectivity index (χ0v) is 10.5. The molecule has 1 atom stereocenters. The number of hydrogen-bond acceptors (Lipinski definition) is 3. The Kier molecular flexibility index (Phi) is 4.63. The molecule has 0 amide bonds. The van der Waals surface area contributed by atoms with Gasteiger partial charge in [-0.15, -0.1) is 0 Å². The SMILES string of the molecule is FC(F)(F)c1ccc(OCC[C@H]2CCCNC2)nc1. The number of halogens is 3. The van der Waals surface area contributed by atoms with Crippen LogP contribution in [0.2, 0.25) is 0 Å². The fraction of sp³-hybridized carbons (Fsp3) is 0.615. The molecule has 1 saturated heterocycles. The fourth-order valence-corrected chi connectivity index (χ4v) is 2.13. The molecule has 1 aliphatic heterocycles. The van der Waals surface area contributed by atoms with Gasteiger partial charge in [0.25, 0.3) is 0 Å². The summed E-state index contributed by atoms with van der Waals surface area (Å²) < 4.78 is 42.4. The van der Waals surface area contributed by atoms with E-state index in [1.165, 1.54) is 18.9 Å². The third-order valence-corrected chi connectivity index (χ3v) is 3.24. The Bertz CT molecular complexity index is 386. The van der Waals surface area contributed by atoms with E-state index in [0.717, 1.165) is 31.8 Å². The van der Waals surface area contributed by atoms with Crippen LogP contribution >= 0.6 is 0 Å². The van der Waals surface area contributed by atoms with E-state index in [1.54, 1.807) is 0 Å². The second-order valence-electron chi connectivity index (χ2n) is 4.73. The summed E-state index contributed by atoms with van der Waals surface area (Å²) >= 11 is 0. The van der Waals surface area contributed by atoms with Gasteiger partial charge in [0.2, 0.25) is 5.88 Å². The van der Waals surface area contributed by atoms with Gasteiger partial charge in [0, 0.05) is 12.3 Å². The fourth-order valence-electron chi connectivity index (χ4n) is 2.13. The highest BCUT2D eigenvalue weighted by atomic mass is 19.4. The Morgan fingerprint density at radius 2 is 2.21 bits per heavy atom. The Morgan fingerprint density at radius 3 is 2.79 bits per heavy atom. The van der Waals surface area contributed by atoms with Crippen LogP contribution in [0.4, 0.5) is 13.2 Å². The molecule has 0 aromatic carbocycles. The predicted octanol–water partition coefficient (Wildman–Crippen LogP) is 2.87. The number of nitrogens with one attached hydrogen (secondary N) is 1. The first-order valence-corrected chi connectivity index (χ1v) is 6.42. The molecule has 0 unspecified atom stereocenters. The average Bonchev–Trinajstić information content (AvgIpc) is 2.39. The lowest BCUT2D eigenvalue weighted by Crippen LogP contribution is -2.30. The zero-order valence-electron chi connectivity index (χ0n) is 10.5. The van der Waals surface area contributed by atoms with E-state index >= 15 is 0 Å². The van der Waals surface area contributed by atoms with Crippen molar-refractivity contribution in [3.8, 4) is 5.88 Å². The standard InChI is InChI=1S/C13H17F3N2O/c14-13(15,16)11-3-4-12(18-9-11)19-7-5-10-2-1-6-17-8-10/h3-4,9-10,17H,1-2,5-8H2/t10-/m1/s1. The molecule has 106 valence electrons. The van der Waals surface area contributed by atoms with Crippen LogP contribution in [0.5, 0.6) is 5.88 Å². The van der Waals surface area contributed by atoms with Crippen LogP contribution in [0.25, 0.3) is 0 Å². The third-order valence-electron chi connectivity index (χ3n) is 3.24. The summed E-state index contributed by atoms with van der Waals surface area (Å²) in [6.45, 7) is 2.55. The van der Waals surface area contributed by atoms with Gasteiger partial charge in [-0.05, 0) is 44.3 Å². The number of rotatable bonds is 4. The molecule has 0 bridgehead atoms. The zero-order chi connectivity index (χ0) is 13.7. The molecule has 0 radical (unpaired) electrons. The van der Waals surface area contributed by atoms with Crippen molar-refractivity contribution in [3.63, 3.8) is 0 Å². The summed E-state index contributed by atoms with van der Waals surface area (Å²) in [5, 5.41) is 3.31. The normalized spacial score (nSPS) is 20.3. The highest BCUT2D eigenvalue weighted by molar-refractivity contribution is 5.20. The van der Waals surface area contributed by atoms with Crippen LogP contribution < -0.4 is 10.1 Å². The molecular formula is C13H17F3N2O. The summed E-state index contributed by atoms with van der Waals surface area (Å²) in [5.41, 5.74) is -0.753. The quantitative estimate of drug-likeness (QED) is 0.916. The summed E-state index contributed by atoms with van der Waals surface area (Å²) in [4.78, 5) is 3.67. The van der Waals surface area contributed by atoms with Crippen molar-refractivity contribution in [1.82, 2.24) is 10.3 Å². The first-order chi connectivity index (χ1) is 9.05. The maximum absolute atomic E-state index is 12.3. The molecule has 1 fully saturated rings. The van der Waals surface area contributed by atoms with Crippen molar-refractivity contribution in [2.75, 3.05) is 19.7 Å². The van der Waals surface area contributed by atoms with E-state index in [0.29, 0.717) is 12.5 Å². The number of pyridine rings is 1. The van der Waals surface area contributed by atoms with Gasteiger partial charge < -0.3 is 10.1 Å². The van der Waals surface area contributed by atoms with Gasteiger partial charge in [-0.3, -0.25) is 0 Å². The molecular weight excluding hydrogens is 257 g/mol. The van der Waals surface area contributed by atoms with Crippen LogP contribution in [-0.4, -0.2) is 24.7 Å². The van der Waals surface area contributed by atoms with Crippen LogP contribution in [-0.2, 0) is 6.18 Å². The second kappa shape index (κ2) is 6.23. The van der Waals surface area contributed by atoms with Crippen LogP contribution in [0, 0.1) is 5.92 Å². The van der Waals surface area contributed by atoms with Gasteiger partial charge in [0.15, 0.2) is 0 Å². The van der Waals surface area contributed by atoms with Crippen LogP contribution in [0.3, 0.4) is 0 Å². The monoisotopic (exact) mass is 274 g/mol. The van der Waals surface area contributed by atoms with Gasteiger partial charge in [0.1, 0.15) is 0 Å². The highest BCUT2D eigenvalue weighted by Gasteiger charge is 2.30. The maximum Gasteiger partial charge on any atom is 0.417 e. The van der Waals surface area contributed by atoms with Crippen molar-refractivity contribution in [3.05, 3.63) is 23.9 Å². The molecule has 0 spiro atoms. The van der Waals surface area contributed by atoms with Crippen molar-refractivity contribution in [2.45, 2.75) is 25.4 Å². The van der Waals surface area contributed by atoms with Crippen LogP contribution in [0.15, 0.2) is 18.3 Å². The molecule has 0 saturated carbocycles. The van der Waals surface area contributed by atoms with Gasteiger partial charge in [-0.2, -0.15) is 13.2 Å². The number of aromatic nitrogens is 1. The number of ether oxygens (including phenoxy) is 1. The van der Waals surface area contributed by atoms with E-state index in [1.807, 2.05) is 0 Å². The average molecular weight is 274 g/mol. The van der Waals surface area contributed by atoms with Gasteiger partial charge in [-0.25, -0.2) is 4.98 Å². The lowest BCUT2D eigenvalue weighted by molar-refractivity contribution is -0.137. The number of nitrogens with zero attached hydrogens (tertiary/aromatic N) is 1. The summed E-state index contributed by atoms with van der Waals surface area (Å²) in [6, 6.07) is 2.26. The Hall–Kier alpha value is -1.30. The number of hydrogen-bond donors (Lipinski definition) is 1. The summed E-state index contributed by atoms with van der Waals surface area (Å²) in [6.07, 6.45) is -0.299. The molecule has 1 aliphatic rings. The van der Waals surface area contributed by atoms with Gasteiger partial charge in [-0.1, -0.05) is 0 Å². The largest absolute Gasteiger partial charge is 0.478 e. The molecule has 6 heteroatoms. The minimum Gasteiger partial charge on any atom is -0.478 e. The van der Waals surface area contributed by atoms with E-state index in [2.05, 4.69) is 10.3 Å². The van der Waals surface area contributed by atoms with Crippen molar-refractivity contribution >= 4 is 0 Å². The predicted molar refractivity (Wildman–Crippen MR) is 64.9 cm³/mol. The smallest absolute Gasteiger partial charge is 0.417 e. The molecule has 19 heavy (non-hydrogen) atoms. The third kappa shape index (κ3) is 4.38. The lowest BCUT2D eigenvalue weighted by atomic mass is 9.97. The Balaban J connectivity index is 1.76. The Morgan fingerprint density at radius 1 is 1.37 bits per heavy atom. The molecule has 3 nitrogen and oxygen atoms in total. The van der Waals surface area contributed by atoms with E-state index in [4.69, 9.17) is 4.74 Å². The maximum atomic E-state index is 12.3. The van der Waals surface area contributed by atoms with Gasteiger partial charge >= 0.3 is 6.18 Å². The molecule has 1 aromatic rings. The molecule has 0 aliphatic carbocycles. The molecule has 2 rings (SSSR count). The second-order valence-corrected chi connectivity index (χ2v) is 4.73. The highest BCUT2D eigenvalue weighted by Crippen LogP contribution is 2.29. The van der Waals surface area contributed by atoms with Crippen molar-refractivity contribution in [2.24, 2.45) is 5.92 Å². The topological polar surface area (TPSA) is 34.1 Å². The minimum atomic E-state index is -4.35. The van der Waals surface area contributed by atoms with E-state index < -0.39 is 11.7 Å². The molecule has 2 heterocycles. The number of alkyl halides is 3. The van der Waals surface area contributed by atoms with Gasteiger partial charge in [0.05, 0.1) is 12.2 Å². The number of piperidine rings is 1. The minimum absolute atomic E-state index is 0.247. The molecule has 1 N–H and O–H groups in total. The van der Waals surface area contributed by atoms with Crippen molar-refractivity contribution in [1.29, 1.82) is 0 Å². The molecule has 1 aromatic heterocycles. The first kappa shape index (κ1) is 14.1.